The van der Waals surface area contributed by atoms with Gasteiger partial charge in [-0.05, 0) is 79.3 Å². The van der Waals surface area contributed by atoms with Gasteiger partial charge in [-0.3, -0.25) is 0 Å². The lowest BCUT2D eigenvalue weighted by Gasteiger charge is -2.08. The number of ether oxygens (including phenoxy) is 2. The van der Waals surface area contributed by atoms with Crippen LogP contribution >= 0.6 is 34.9 Å². The molecule has 4 rings (SSSR count). The largest absolute Gasteiger partial charge is 0.493 e. The molecule has 7 heteroatoms. The smallest absolute Gasteiger partial charge is 0.188 e. The third kappa shape index (κ3) is 5.54. The number of nitrogens with zero attached hydrogens (tertiary/aromatic N) is 2. The Kier molecular flexibility index (Phi) is 7.63. The summed E-state index contributed by atoms with van der Waals surface area (Å²) < 4.78 is 10.9. The van der Waals surface area contributed by atoms with Crippen molar-refractivity contribution in [3.63, 3.8) is 0 Å². The molecule has 170 valence electrons. The highest BCUT2D eigenvalue weighted by molar-refractivity contribution is 7.98. The van der Waals surface area contributed by atoms with E-state index < -0.39 is 0 Å². The molecule has 0 aliphatic heterocycles. The summed E-state index contributed by atoms with van der Waals surface area (Å²) in [7, 11) is 3.32. The minimum absolute atomic E-state index is 0.730. The van der Waals surface area contributed by atoms with Crippen LogP contribution in [0.25, 0.3) is 20.9 Å². The van der Waals surface area contributed by atoms with Crippen LogP contribution in [-0.4, -0.2) is 30.4 Å². The van der Waals surface area contributed by atoms with Crippen LogP contribution in [0.3, 0.4) is 0 Å². The topological polar surface area (TPSA) is 44.2 Å². The summed E-state index contributed by atoms with van der Waals surface area (Å²) in [5, 5.41) is 0.815. The molecule has 4 nitrogen and oxygen atoms in total. The Balaban J connectivity index is 1.72. The summed E-state index contributed by atoms with van der Waals surface area (Å²) in [6.45, 7) is 4.02. The van der Waals surface area contributed by atoms with Crippen LogP contribution in [0.5, 0.6) is 11.5 Å². The zero-order chi connectivity index (χ0) is 23.4. The van der Waals surface area contributed by atoms with Gasteiger partial charge in [0.2, 0.25) is 0 Å². The first kappa shape index (κ1) is 23.7. The Bertz CT molecular complexity index is 1230. The van der Waals surface area contributed by atoms with E-state index in [1.54, 1.807) is 49.1 Å². The minimum Gasteiger partial charge on any atom is -0.493 e. The van der Waals surface area contributed by atoms with Crippen LogP contribution in [0.15, 0.2) is 64.6 Å². The zero-order valence-corrected chi connectivity index (χ0v) is 21.8. The summed E-state index contributed by atoms with van der Waals surface area (Å²) >= 11 is 5.23. The van der Waals surface area contributed by atoms with Gasteiger partial charge in [0.15, 0.2) is 16.7 Å². The first-order valence-electron chi connectivity index (χ1n) is 10.5. The van der Waals surface area contributed by atoms with Crippen molar-refractivity contribution in [3.05, 3.63) is 71.5 Å². The number of thiophene rings is 1. The molecular weight excluding hydrogens is 468 g/mol. The van der Waals surface area contributed by atoms with Crippen LogP contribution in [0.4, 0.5) is 0 Å². The summed E-state index contributed by atoms with van der Waals surface area (Å²) in [5.41, 5.74) is 5.60. The Labute approximate surface area is 207 Å². The third-order valence-corrected chi connectivity index (χ3v) is 8.06. The van der Waals surface area contributed by atoms with E-state index >= 15 is 0 Å². The van der Waals surface area contributed by atoms with Crippen molar-refractivity contribution in [2.75, 3.05) is 20.5 Å². The molecule has 0 unspecified atom stereocenters. The molecular formula is C26H26N2O2S3. The highest BCUT2D eigenvalue weighted by atomic mass is 32.2. The molecule has 2 aromatic carbocycles. The molecule has 2 aromatic heterocycles. The van der Waals surface area contributed by atoms with E-state index in [0.29, 0.717) is 0 Å². The maximum Gasteiger partial charge on any atom is 0.188 e. The number of thioether (sulfide) groups is 2. The fourth-order valence-electron chi connectivity index (χ4n) is 3.55. The fourth-order valence-corrected chi connectivity index (χ4v) is 6.17. The SMILES string of the molecule is COc1ccc(-c2cc(CSc3nc(C)cc(C)n3)c(-c3ccc(SC)cc3)s2)cc1OC. The van der Waals surface area contributed by atoms with Crippen molar-refractivity contribution in [1.82, 2.24) is 9.97 Å². The van der Waals surface area contributed by atoms with E-state index in [4.69, 9.17) is 9.47 Å². The van der Waals surface area contributed by atoms with Crippen LogP contribution in [0.2, 0.25) is 0 Å². The molecule has 0 aliphatic rings. The monoisotopic (exact) mass is 494 g/mol. The standard InChI is InChI=1S/C26H26N2O2S3/c1-16-12-17(2)28-26(27-16)32-15-20-14-24(19-8-11-22(29-3)23(13-19)30-4)33-25(20)18-6-9-21(31-5)10-7-18/h6-14H,15H2,1-5H3. The van der Waals surface area contributed by atoms with Crippen LogP contribution in [0, 0.1) is 13.8 Å². The van der Waals surface area contributed by atoms with Gasteiger partial charge in [0, 0.05) is 31.8 Å². The summed E-state index contributed by atoms with van der Waals surface area (Å²) in [4.78, 5) is 12.9. The maximum atomic E-state index is 5.53. The number of rotatable bonds is 8. The summed E-state index contributed by atoms with van der Waals surface area (Å²) in [6.07, 6.45) is 2.10. The van der Waals surface area contributed by atoms with Gasteiger partial charge in [0.25, 0.3) is 0 Å². The second-order valence-corrected chi connectivity index (χ2v) is 10.4. The molecule has 4 aromatic rings. The molecule has 0 aliphatic carbocycles. The van der Waals surface area contributed by atoms with Gasteiger partial charge < -0.3 is 9.47 Å². The third-order valence-electron chi connectivity index (χ3n) is 5.15. The van der Waals surface area contributed by atoms with Gasteiger partial charge in [0.05, 0.1) is 14.2 Å². The first-order chi connectivity index (χ1) is 16.0. The molecule has 2 heterocycles. The van der Waals surface area contributed by atoms with Crippen molar-refractivity contribution < 1.29 is 9.47 Å². The lowest BCUT2D eigenvalue weighted by molar-refractivity contribution is 0.355. The number of hydrogen-bond acceptors (Lipinski definition) is 7. The molecule has 0 radical (unpaired) electrons. The molecule has 0 saturated heterocycles. The average molecular weight is 495 g/mol. The lowest BCUT2D eigenvalue weighted by Crippen LogP contribution is -1.93. The van der Waals surface area contributed by atoms with Crippen LogP contribution in [-0.2, 0) is 5.75 Å². The van der Waals surface area contributed by atoms with E-state index in [2.05, 4.69) is 52.6 Å². The van der Waals surface area contributed by atoms with Gasteiger partial charge in [-0.2, -0.15) is 0 Å². The average Bonchev–Trinajstić information content (AvgIpc) is 3.26. The number of aromatic nitrogens is 2. The second kappa shape index (κ2) is 10.6. The predicted octanol–water partition coefficient (Wildman–Crippen LogP) is 7.52. The van der Waals surface area contributed by atoms with Gasteiger partial charge >= 0.3 is 0 Å². The van der Waals surface area contributed by atoms with E-state index in [9.17, 15) is 0 Å². The van der Waals surface area contributed by atoms with E-state index in [-0.39, 0.29) is 0 Å². The van der Waals surface area contributed by atoms with Crippen molar-refractivity contribution >= 4 is 34.9 Å². The van der Waals surface area contributed by atoms with Gasteiger partial charge in [0.1, 0.15) is 0 Å². The number of aryl methyl sites for hydroxylation is 2. The minimum atomic E-state index is 0.730. The molecule has 0 N–H and O–H groups in total. The second-order valence-electron chi connectivity index (χ2n) is 7.49. The summed E-state index contributed by atoms with van der Waals surface area (Å²) in [6, 6.07) is 19.1. The van der Waals surface area contributed by atoms with E-state index in [1.165, 1.54) is 25.8 Å². The molecule has 0 amide bonds. The number of benzene rings is 2. The summed E-state index contributed by atoms with van der Waals surface area (Å²) in [5.74, 6) is 2.26. The van der Waals surface area contributed by atoms with Crippen LogP contribution < -0.4 is 9.47 Å². The first-order valence-corrected chi connectivity index (χ1v) is 13.5. The quantitative estimate of drug-likeness (QED) is 0.186. The maximum absolute atomic E-state index is 5.53. The number of hydrogen-bond donors (Lipinski definition) is 0. The fraction of sp³-hybridized carbons (Fsp3) is 0.231. The van der Waals surface area contributed by atoms with Gasteiger partial charge in [-0.1, -0.05) is 23.9 Å². The van der Waals surface area contributed by atoms with E-state index in [0.717, 1.165) is 39.4 Å². The molecule has 0 spiro atoms. The van der Waals surface area contributed by atoms with Crippen LogP contribution in [0.1, 0.15) is 17.0 Å². The molecule has 0 atom stereocenters. The number of methoxy groups -OCH3 is 2. The highest BCUT2D eigenvalue weighted by Gasteiger charge is 2.15. The predicted molar refractivity (Wildman–Crippen MR) is 141 cm³/mol. The van der Waals surface area contributed by atoms with E-state index in [1.807, 2.05) is 32.0 Å². The van der Waals surface area contributed by atoms with Gasteiger partial charge in [-0.25, -0.2) is 9.97 Å². The Hall–Kier alpha value is -2.48. The Morgan fingerprint density at radius 1 is 0.818 bits per heavy atom. The molecule has 0 bridgehead atoms. The zero-order valence-electron chi connectivity index (χ0n) is 19.3. The highest BCUT2D eigenvalue weighted by Crippen LogP contribution is 2.42. The molecule has 0 saturated carbocycles. The Morgan fingerprint density at radius 3 is 2.12 bits per heavy atom. The molecule has 0 fully saturated rings. The molecule has 33 heavy (non-hydrogen) atoms. The van der Waals surface area contributed by atoms with Crippen molar-refractivity contribution in [2.45, 2.75) is 29.7 Å². The Morgan fingerprint density at radius 2 is 1.48 bits per heavy atom. The normalized spacial score (nSPS) is 10.9. The van der Waals surface area contributed by atoms with Crippen molar-refractivity contribution in [2.24, 2.45) is 0 Å². The van der Waals surface area contributed by atoms with Crippen molar-refractivity contribution in [1.29, 1.82) is 0 Å². The van der Waals surface area contributed by atoms with Gasteiger partial charge in [-0.15, -0.1) is 23.1 Å². The lowest BCUT2D eigenvalue weighted by atomic mass is 10.1. The van der Waals surface area contributed by atoms with Crippen molar-refractivity contribution in [3.8, 4) is 32.4 Å².